The summed E-state index contributed by atoms with van der Waals surface area (Å²) in [6.07, 6.45) is 0.961. The lowest BCUT2D eigenvalue weighted by atomic mass is 10.2. The van der Waals surface area contributed by atoms with E-state index in [9.17, 15) is 13.2 Å². The summed E-state index contributed by atoms with van der Waals surface area (Å²) in [5.74, 6) is 0.725. The van der Waals surface area contributed by atoms with Crippen molar-refractivity contribution in [2.75, 3.05) is 34.0 Å². The van der Waals surface area contributed by atoms with Gasteiger partial charge in [-0.15, -0.1) is 0 Å². The van der Waals surface area contributed by atoms with Gasteiger partial charge in [0.25, 0.3) is 5.91 Å². The number of carbonyl (C=O) groups is 1. The highest BCUT2D eigenvalue weighted by atomic mass is 35.5. The van der Waals surface area contributed by atoms with Crippen LogP contribution in [0.1, 0.15) is 19.8 Å². The zero-order valence-corrected chi connectivity index (χ0v) is 22.7. The van der Waals surface area contributed by atoms with E-state index >= 15 is 0 Å². The lowest BCUT2D eigenvalue weighted by molar-refractivity contribution is -0.121. The summed E-state index contributed by atoms with van der Waals surface area (Å²) in [4.78, 5) is 18.4. The highest BCUT2D eigenvalue weighted by Gasteiger charge is 2.39. The first-order chi connectivity index (χ1) is 17.3. The zero-order valence-electron chi connectivity index (χ0n) is 20.3. The van der Waals surface area contributed by atoms with Gasteiger partial charge in [0.15, 0.2) is 4.80 Å². The summed E-state index contributed by atoms with van der Waals surface area (Å²) in [6, 6.07) is 8.64. The number of benzene rings is 2. The number of thiazole rings is 1. The molecule has 9 nitrogen and oxygen atoms in total. The number of methoxy groups -OCH3 is 2. The second kappa shape index (κ2) is 11.3. The number of rotatable bonds is 9. The van der Waals surface area contributed by atoms with Gasteiger partial charge in [-0.05, 0) is 56.2 Å². The van der Waals surface area contributed by atoms with Crippen molar-refractivity contribution in [1.82, 2.24) is 8.87 Å². The van der Waals surface area contributed by atoms with E-state index in [-0.39, 0.29) is 11.4 Å². The Morgan fingerprint density at radius 2 is 1.83 bits per heavy atom. The van der Waals surface area contributed by atoms with Crippen LogP contribution >= 0.6 is 22.9 Å². The van der Waals surface area contributed by atoms with E-state index in [1.807, 2.05) is 11.5 Å². The fourth-order valence-corrected chi connectivity index (χ4v) is 7.18. The molecule has 12 heteroatoms. The fraction of sp³-hybridized carbons (Fsp3) is 0.417. The first kappa shape index (κ1) is 26.6. The average molecular weight is 554 g/mol. The molecule has 1 aliphatic rings. The minimum Gasteiger partial charge on any atom is -0.495 e. The van der Waals surface area contributed by atoms with Crippen molar-refractivity contribution in [2.45, 2.75) is 37.2 Å². The minimum atomic E-state index is -3.89. The Morgan fingerprint density at radius 1 is 1.14 bits per heavy atom. The number of fused-ring (bicyclic) bond motifs is 1. The predicted octanol–water partition coefficient (Wildman–Crippen LogP) is 3.69. The first-order valence-electron chi connectivity index (χ1n) is 11.5. The molecule has 4 rings (SSSR count). The van der Waals surface area contributed by atoms with Gasteiger partial charge in [0.1, 0.15) is 27.8 Å². The molecule has 1 fully saturated rings. The molecule has 0 aliphatic carbocycles. The van der Waals surface area contributed by atoms with Gasteiger partial charge in [-0.25, -0.2) is 8.42 Å². The highest BCUT2D eigenvalue weighted by molar-refractivity contribution is 7.89. The summed E-state index contributed by atoms with van der Waals surface area (Å²) in [5.41, 5.74) is 0.741. The van der Waals surface area contributed by atoms with Crippen LogP contribution in [0.3, 0.4) is 0 Å². The maximum atomic E-state index is 13.4. The lowest BCUT2D eigenvalue weighted by Crippen LogP contribution is -2.40. The number of sulfonamides is 1. The van der Waals surface area contributed by atoms with Crippen molar-refractivity contribution in [3.8, 4) is 11.5 Å². The fourth-order valence-electron chi connectivity index (χ4n) is 4.23. The van der Waals surface area contributed by atoms with Gasteiger partial charge in [-0.3, -0.25) is 4.79 Å². The van der Waals surface area contributed by atoms with Crippen LogP contribution in [0.25, 0.3) is 10.2 Å². The molecule has 0 bridgehead atoms. The van der Waals surface area contributed by atoms with Gasteiger partial charge >= 0.3 is 0 Å². The van der Waals surface area contributed by atoms with Gasteiger partial charge in [-0.2, -0.15) is 9.30 Å². The monoisotopic (exact) mass is 553 g/mol. The quantitative estimate of drug-likeness (QED) is 0.375. The molecule has 0 N–H and O–H groups in total. The van der Waals surface area contributed by atoms with Crippen molar-refractivity contribution in [1.29, 1.82) is 0 Å². The number of amides is 1. The molecule has 1 aromatic heterocycles. The van der Waals surface area contributed by atoms with Gasteiger partial charge in [0.2, 0.25) is 10.0 Å². The Hall–Kier alpha value is -2.44. The van der Waals surface area contributed by atoms with E-state index < -0.39 is 22.0 Å². The van der Waals surface area contributed by atoms with E-state index in [2.05, 4.69) is 4.99 Å². The Balaban J connectivity index is 1.77. The van der Waals surface area contributed by atoms with E-state index in [0.717, 1.165) is 10.2 Å². The van der Waals surface area contributed by atoms with Crippen molar-refractivity contribution < 1.29 is 27.4 Å². The van der Waals surface area contributed by atoms with E-state index in [4.69, 9.17) is 25.8 Å². The standard InChI is InChI=1S/C24H28ClN3O6S2/c1-4-34-15-14-27-21-19(32-2)11-12-20(33-3)22(21)35-24(27)26-23(29)18-6-5-13-28(18)36(30,31)17-9-7-16(25)8-10-17/h7-12,18H,4-6,13-15H2,1-3H3. The molecule has 36 heavy (non-hydrogen) atoms. The molecule has 2 aromatic carbocycles. The molecule has 3 aromatic rings. The first-order valence-corrected chi connectivity index (χ1v) is 14.1. The molecule has 0 saturated carbocycles. The van der Waals surface area contributed by atoms with Gasteiger partial charge in [0, 0.05) is 24.7 Å². The Morgan fingerprint density at radius 3 is 2.50 bits per heavy atom. The molecule has 194 valence electrons. The van der Waals surface area contributed by atoms with E-state index in [0.29, 0.717) is 53.9 Å². The van der Waals surface area contributed by atoms with Crippen molar-refractivity contribution in [3.63, 3.8) is 0 Å². The molecule has 1 amide bonds. The molecule has 2 heterocycles. The topological polar surface area (TPSA) is 99.4 Å². The summed E-state index contributed by atoms with van der Waals surface area (Å²) in [7, 11) is -0.735. The van der Waals surface area contributed by atoms with Crippen LogP contribution in [0.5, 0.6) is 11.5 Å². The normalized spacial score (nSPS) is 17.1. The third-order valence-corrected chi connectivity index (χ3v) is 9.24. The highest BCUT2D eigenvalue weighted by Crippen LogP contribution is 2.35. The average Bonchev–Trinajstić information content (AvgIpc) is 3.50. The van der Waals surface area contributed by atoms with Crippen LogP contribution in [-0.2, 0) is 26.1 Å². The smallest absolute Gasteiger partial charge is 0.266 e. The number of halogens is 1. The number of carbonyl (C=O) groups excluding carboxylic acids is 1. The van der Waals surface area contributed by atoms with Gasteiger partial charge in [0.05, 0.1) is 25.7 Å². The Labute approximate surface area is 218 Å². The Bertz CT molecular complexity index is 1420. The van der Waals surface area contributed by atoms with Crippen LogP contribution in [0.15, 0.2) is 46.3 Å². The summed E-state index contributed by atoms with van der Waals surface area (Å²) < 4.78 is 47.1. The molecule has 1 saturated heterocycles. The second-order valence-corrected chi connectivity index (χ2v) is 11.4. The largest absolute Gasteiger partial charge is 0.495 e. The Kier molecular flexibility index (Phi) is 8.36. The van der Waals surface area contributed by atoms with Crippen LogP contribution in [0.2, 0.25) is 5.02 Å². The molecule has 1 atom stereocenters. The summed E-state index contributed by atoms with van der Waals surface area (Å²) >= 11 is 7.21. The number of ether oxygens (including phenoxy) is 3. The van der Waals surface area contributed by atoms with Gasteiger partial charge < -0.3 is 18.8 Å². The molecule has 0 radical (unpaired) electrons. The van der Waals surface area contributed by atoms with Crippen molar-refractivity contribution in [3.05, 3.63) is 46.2 Å². The van der Waals surface area contributed by atoms with E-state index in [1.165, 1.54) is 39.9 Å². The number of hydrogen-bond acceptors (Lipinski definition) is 7. The van der Waals surface area contributed by atoms with E-state index in [1.54, 1.807) is 26.4 Å². The number of aromatic nitrogens is 1. The maximum absolute atomic E-state index is 13.4. The van der Waals surface area contributed by atoms with Crippen LogP contribution in [0.4, 0.5) is 0 Å². The predicted molar refractivity (Wildman–Crippen MR) is 138 cm³/mol. The molecular formula is C24H28ClN3O6S2. The number of nitrogens with zero attached hydrogens (tertiary/aromatic N) is 3. The van der Waals surface area contributed by atoms with Crippen LogP contribution < -0.4 is 14.3 Å². The summed E-state index contributed by atoms with van der Waals surface area (Å²) in [5, 5.41) is 0.435. The molecule has 1 unspecified atom stereocenters. The van der Waals surface area contributed by atoms with Gasteiger partial charge in [-0.1, -0.05) is 22.9 Å². The SMILES string of the molecule is CCOCCn1c(=NC(=O)C2CCCN2S(=O)(=O)c2ccc(Cl)cc2)sc2c(OC)ccc(OC)c21. The van der Waals surface area contributed by atoms with Crippen LogP contribution in [-0.4, -0.2) is 63.2 Å². The third kappa shape index (κ3) is 5.16. The molecular weight excluding hydrogens is 526 g/mol. The van der Waals surface area contributed by atoms with Crippen molar-refractivity contribution >= 4 is 49.1 Å². The summed E-state index contributed by atoms with van der Waals surface area (Å²) in [6.45, 7) is 3.54. The lowest BCUT2D eigenvalue weighted by Gasteiger charge is -2.21. The maximum Gasteiger partial charge on any atom is 0.266 e. The molecule has 0 spiro atoms. The minimum absolute atomic E-state index is 0.0923. The molecule has 1 aliphatic heterocycles. The zero-order chi connectivity index (χ0) is 25.9. The third-order valence-electron chi connectivity index (χ3n) is 5.97. The van der Waals surface area contributed by atoms with Crippen LogP contribution in [0, 0.1) is 0 Å². The van der Waals surface area contributed by atoms with Crippen molar-refractivity contribution in [2.24, 2.45) is 4.99 Å². The second-order valence-electron chi connectivity index (χ2n) is 8.06. The number of hydrogen-bond donors (Lipinski definition) is 0.